The van der Waals surface area contributed by atoms with E-state index < -0.39 is 12.1 Å². The minimum Gasteiger partial charge on any atom is -0.497 e. The molecule has 0 radical (unpaired) electrons. The normalized spacial score (nSPS) is 11.4. The Balaban J connectivity index is 1.70. The Labute approximate surface area is 165 Å². The Morgan fingerprint density at radius 3 is 2.36 bits per heavy atom. The smallest absolute Gasteiger partial charge is 0.306 e. The van der Waals surface area contributed by atoms with E-state index in [2.05, 4.69) is 5.32 Å². The minimum atomic E-state index is -0.865. The lowest BCUT2D eigenvalue weighted by molar-refractivity contribution is -0.153. The zero-order chi connectivity index (χ0) is 20.5. The number of esters is 1. The van der Waals surface area contributed by atoms with E-state index in [9.17, 15) is 9.59 Å². The van der Waals surface area contributed by atoms with E-state index in [1.54, 1.807) is 38.3 Å². The molecule has 0 aliphatic rings. The van der Waals surface area contributed by atoms with Gasteiger partial charge in [-0.3, -0.25) is 9.59 Å². The largest absolute Gasteiger partial charge is 0.497 e. The number of aryl methyl sites for hydroxylation is 2. The van der Waals surface area contributed by atoms with Crippen molar-refractivity contribution in [2.75, 3.05) is 19.0 Å². The first-order valence-corrected chi connectivity index (χ1v) is 9.23. The van der Waals surface area contributed by atoms with Crippen LogP contribution in [0.2, 0.25) is 0 Å². The van der Waals surface area contributed by atoms with Gasteiger partial charge < -0.3 is 19.5 Å². The van der Waals surface area contributed by atoms with Gasteiger partial charge in [0, 0.05) is 12.1 Å². The average molecular weight is 385 g/mol. The van der Waals surface area contributed by atoms with Crippen molar-refractivity contribution in [1.82, 2.24) is 0 Å². The maximum Gasteiger partial charge on any atom is 0.306 e. The second-order valence-corrected chi connectivity index (χ2v) is 6.57. The fourth-order valence-electron chi connectivity index (χ4n) is 2.58. The zero-order valence-corrected chi connectivity index (χ0v) is 16.8. The molecule has 2 aromatic rings. The second kappa shape index (κ2) is 10.3. The highest BCUT2D eigenvalue weighted by Gasteiger charge is 2.18. The zero-order valence-electron chi connectivity index (χ0n) is 16.8. The van der Waals surface area contributed by atoms with Crippen molar-refractivity contribution in [2.45, 2.75) is 39.7 Å². The lowest BCUT2D eigenvalue weighted by Crippen LogP contribution is -2.30. The van der Waals surface area contributed by atoms with E-state index in [0.717, 1.165) is 16.9 Å². The molecule has 6 nitrogen and oxygen atoms in total. The number of nitrogens with one attached hydrogen (secondary N) is 1. The summed E-state index contributed by atoms with van der Waals surface area (Å²) in [5.74, 6) is 0.677. The van der Waals surface area contributed by atoms with Crippen molar-refractivity contribution in [1.29, 1.82) is 0 Å². The Bertz CT molecular complexity index is 801. The number of hydrogen-bond acceptors (Lipinski definition) is 5. The fourth-order valence-corrected chi connectivity index (χ4v) is 2.58. The third-order valence-corrected chi connectivity index (χ3v) is 4.17. The Kier molecular flexibility index (Phi) is 7.87. The third kappa shape index (κ3) is 6.61. The molecule has 0 unspecified atom stereocenters. The number of benzene rings is 2. The molecular formula is C22H27NO5. The van der Waals surface area contributed by atoms with Crippen molar-refractivity contribution in [3.63, 3.8) is 0 Å². The van der Waals surface area contributed by atoms with Crippen LogP contribution in [0.5, 0.6) is 11.5 Å². The molecule has 0 aliphatic heterocycles. The predicted octanol–water partition coefficient (Wildman–Crippen LogP) is 4.04. The van der Waals surface area contributed by atoms with Crippen LogP contribution in [0.25, 0.3) is 0 Å². The standard InChI is InChI=1S/C22H27NO5/c1-15-7-12-20(16(2)14-15)23-22(25)17(3)28-21(24)6-5-13-27-19-10-8-18(26-4)9-11-19/h7-12,14,17H,5-6,13H2,1-4H3,(H,23,25)/t17-/m0/s1. The van der Waals surface area contributed by atoms with E-state index in [-0.39, 0.29) is 12.3 Å². The Hall–Kier alpha value is -3.02. The van der Waals surface area contributed by atoms with Crippen LogP contribution in [0, 0.1) is 13.8 Å². The topological polar surface area (TPSA) is 73.9 Å². The second-order valence-electron chi connectivity index (χ2n) is 6.57. The molecule has 2 aromatic carbocycles. The van der Waals surface area contributed by atoms with Gasteiger partial charge in [-0.1, -0.05) is 17.7 Å². The molecule has 1 amide bonds. The highest BCUT2D eigenvalue weighted by Crippen LogP contribution is 2.18. The van der Waals surface area contributed by atoms with Gasteiger partial charge in [0.25, 0.3) is 5.91 Å². The van der Waals surface area contributed by atoms with Crippen LogP contribution < -0.4 is 14.8 Å². The minimum absolute atomic E-state index is 0.178. The molecule has 0 aromatic heterocycles. The van der Waals surface area contributed by atoms with E-state index in [0.29, 0.717) is 24.5 Å². The quantitative estimate of drug-likeness (QED) is 0.521. The summed E-state index contributed by atoms with van der Waals surface area (Å²) in [6.07, 6.45) is -0.191. The van der Waals surface area contributed by atoms with Crippen molar-refractivity contribution >= 4 is 17.6 Å². The summed E-state index contributed by atoms with van der Waals surface area (Å²) in [6.45, 7) is 5.85. The van der Waals surface area contributed by atoms with Gasteiger partial charge in [0.2, 0.25) is 0 Å². The van der Waals surface area contributed by atoms with Crippen LogP contribution in [0.1, 0.15) is 30.9 Å². The van der Waals surface area contributed by atoms with Crippen LogP contribution in [0.4, 0.5) is 5.69 Å². The maximum atomic E-state index is 12.2. The van der Waals surface area contributed by atoms with Gasteiger partial charge in [-0.15, -0.1) is 0 Å². The first-order valence-electron chi connectivity index (χ1n) is 9.23. The molecule has 6 heteroatoms. The molecular weight excluding hydrogens is 358 g/mol. The highest BCUT2D eigenvalue weighted by molar-refractivity contribution is 5.95. The molecule has 0 spiro atoms. The van der Waals surface area contributed by atoms with E-state index in [1.807, 2.05) is 32.0 Å². The number of hydrogen-bond donors (Lipinski definition) is 1. The van der Waals surface area contributed by atoms with Gasteiger partial charge >= 0.3 is 5.97 Å². The SMILES string of the molecule is COc1ccc(OCCCC(=O)O[C@@H](C)C(=O)Nc2ccc(C)cc2C)cc1. The lowest BCUT2D eigenvalue weighted by Gasteiger charge is -2.15. The summed E-state index contributed by atoms with van der Waals surface area (Å²) < 4.78 is 15.9. The van der Waals surface area contributed by atoms with Crippen LogP contribution in [-0.4, -0.2) is 31.7 Å². The molecule has 28 heavy (non-hydrogen) atoms. The molecule has 0 aliphatic carbocycles. The average Bonchev–Trinajstić information content (AvgIpc) is 2.67. The predicted molar refractivity (Wildman–Crippen MR) is 108 cm³/mol. The third-order valence-electron chi connectivity index (χ3n) is 4.17. The number of carbonyl (C=O) groups excluding carboxylic acids is 2. The molecule has 1 atom stereocenters. The number of amides is 1. The number of rotatable bonds is 9. The first kappa shape index (κ1) is 21.3. The van der Waals surface area contributed by atoms with E-state index in [4.69, 9.17) is 14.2 Å². The van der Waals surface area contributed by atoms with Crippen LogP contribution >= 0.6 is 0 Å². The lowest BCUT2D eigenvalue weighted by atomic mass is 10.1. The van der Waals surface area contributed by atoms with Crippen molar-refractivity contribution in [2.24, 2.45) is 0 Å². The maximum absolute atomic E-state index is 12.2. The molecule has 1 N–H and O–H groups in total. The number of ether oxygens (including phenoxy) is 3. The van der Waals surface area contributed by atoms with Gasteiger partial charge in [-0.2, -0.15) is 0 Å². The Morgan fingerprint density at radius 1 is 1.04 bits per heavy atom. The van der Waals surface area contributed by atoms with E-state index in [1.165, 1.54) is 0 Å². The summed E-state index contributed by atoms with van der Waals surface area (Å²) in [6, 6.07) is 13.0. The summed E-state index contributed by atoms with van der Waals surface area (Å²) in [5, 5.41) is 2.79. The molecule has 0 saturated heterocycles. The summed E-state index contributed by atoms with van der Waals surface area (Å²) in [4.78, 5) is 24.2. The molecule has 0 fully saturated rings. The van der Waals surface area contributed by atoms with Gasteiger partial charge in [0.05, 0.1) is 13.7 Å². The van der Waals surface area contributed by atoms with Gasteiger partial charge in [0.1, 0.15) is 11.5 Å². The number of anilines is 1. The van der Waals surface area contributed by atoms with E-state index >= 15 is 0 Å². The monoisotopic (exact) mass is 385 g/mol. The van der Waals surface area contributed by atoms with Crippen molar-refractivity contribution < 1.29 is 23.8 Å². The molecule has 0 bridgehead atoms. The number of methoxy groups -OCH3 is 1. The molecule has 150 valence electrons. The highest BCUT2D eigenvalue weighted by atomic mass is 16.5. The summed E-state index contributed by atoms with van der Waals surface area (Å²) >= 11 is 0. The Morgan fingerprint density at radius 2 is 1.71 bits per heavy atom. The first-order chi connectivity index (χ1) is 13.4. The summed E-state index contributed by atoms with van der Waals surface area (Å²) in [7, 11) is 1.60. The van der Waals surface area contributed by atoms with Crippen molar-refractivity contribution in [3.8, 4) is 11.5 Å². The van der Waals surface area contributed by atoms with Crippen molar-refractivity contribution in [3.05, 3.63) is 53.6 Å². The molecule has 0 saturated carbocycles. The van der Waals surface area contributed by atoms with Gasteiger partial charge in [0.15, 0.2) is 6.10 Å². The summed E-state index contributed by atoms with van der Waals surface area (Å²) in [5.41, 5.74) is 2.79. The van der Waals surface area contributed by atoms with Crippen LogP contribution in [0.3, 0.4) is 0 Å². The number of carbonyl (C=O) groups is 2. The molecule has 0 heterocycles. The van der Waals surface area contributed by atoms with Gasteiger partial charge in [-0.05, 0) is 63.1 Å². The van der Waals surface area contributed by atoms with Crippen LogP contribution in [-0.2, 0) is 14.3 Å². The van der Waals surface area contributed by atoms with Gasteiger partial charge in [-0.25, -0.2) is 0 Å². The fraction of sp³-hybridized carbons (Fsp3) is 0.364. The molecule has 2 rings (SSSR count). The van der Waals surface area contributed by atoms with Crippen LogP contribution in [0.15, 0.2) is 42.5 Å².